The number of hydrogen-bond donors (Lipinski definition) is 1. The zero-order chi connectivity index (χ0) is 18.7. The maximum absolute atomic E-state index is 12.2. The molecule has 6 nitrogen and oxygen atoms in total. The molecule has 1 N–H and O–H groups in total. The summed E-state index contributed by atoms with van der Waals surface area (Å²) in [6.07, 6.45) is 1.57. The number of benzene rings is 2. The third kappa shape index (κ3) is 3.86. The number of methoxy groups -OCH3 is 1. The number of nitrogens with zero attached hydrogens (tertiary/aromatic N) is 3. The van der Waals surface area contributed by atoms with E-state index in [1.54, 1.807) is 18.0 Å². The van der Waals surface area contributed by atoms with Crippen LogP contribution in [0, 0.1) is 13.8 Å². The van der Waals surface area contributed by atoms with Crippen molar-refractivity contribution in [3.05, 3.63) is 58.2 Å². The van der Waals surface area contributed by atoms with E-state index in [0.717, 1.165) is 33.5 Å². The van der Waals surface area contributed by atoms with Crippen LogP contribution in [0.5, 0.6) is 5.75 Å². The number of carbonyl (C=O) groups is 1. The van der Waals surface area contributed by atoms with E-state index in [1.165, 1.54) is 0 Å². The molecular formula is C19H19ClN4O2. The summed E-state index contributed by atoms with van der Waals surface area (Å²) in [6, 6.07) is 11.2. The Balaban J connectivity index is 1.69. The molecule has 0 unspecified atom stereocenters. The molecule has 3 aromatic rings. The fraction of sp³-hybridized carbons (Fsp3) is 0.211. The molecule has 0 spiro atoms. The number of carbonyl (C=O) groups excluding carboxylic acids is 1. The van der Waals surface area contributed by atoms with Gasteiger partial charge in [-0.25, -0.2) is 5.43 Å². The number of halogens is 1. The first-order valence-corrected chi connectivity index (χ1v) is 8.45. The lowest BCUT2D eigenvalue weighted by atomic mass is 10.1. The SMILES string of the molecule is COc1ccc(/C=N\NC(=O)Cn2nc(C)c3cc(C)c(Cl)cc32)cc1. The molecule has 0 aliphatic carbocycles. The van der Waals surface area contributed by atoms with Gasteiger partial charge in [-0.1, -0.05) is 11.6 Å². The molecule has 1 amide bonds. The van der Waals surface area contributed by atoms with Gasteiger partial charge in [0.25, 0.3) is 5.91 Å². The smallest absolute Gasteiger partial charge is 0.261 e. The average molecular weight is 371 g/mol. The van der Waals surface area contributed by atoms with Crippen molar-refractivity contribution in [1.82, 2.24) is 15.2 Å². The summed E-state index contributed by atoms with van der Waals surface area (Å²) in [7, 11) is 1.61. The van der Waals surface area contributed by atoms with Gasteiger partial charge in [0.05, 0.1) is 24.5 Å². The number of amides is 1. The van der Waals surface area contributed by atoms with Crippen molar-refractivity contribution in [3.8, 4) is 5.75 Å². The normalized spacial score (nSPS) is 11.2. The second kappa shape index (κ2) is 7.58. The highest BCUT2D eigenvalue weighted by molar-refractivity contribution is 6.32. The minimum atomic E-state index is -0.268. The van der Waals surface area contributed by atoms with Gasteiger partial charge in [0.2, 0.25) is 0 Å². The topological polar surface area (TPSA) is 68.5 Å². The van der Waals surface area contributed by atoms with E-state index in [0.29, 0.717) is 5.02 Å². The van der Waals surface area contributed by atoms with Gasteiger partial charge in [0.1, 0.15) is 12.3 Å². The number of hydrazone groups is 1. The first kappa shape index (κ1) is 17.9. The minimum absolute atomic E-state index is 0.0592. The summed E-state index contributed by atoms with van der Waals surface area (Å²) in [5.74, 6) is 0.497. The molecule has 7 heteroatoms. The maximum atomic E-state index is 12.2. The van der Waals surface area contributed by atoms with Gasteiger partial charge in [-0.15, -0.1) is 0 Å². The van der Waals surface area contributed by atoms with Crippen LogP contribution in [0.15, 0.2) is 41.5 Å². The molecule has 0 saturated heterocycles. The largest absolute Gasteiger partial charge is 0.497 e. The van der Waals surface area contributed by atoms with Gasteiger partial charge >= 0.3 is 0 Å². The Bertz CT molecular complexity index is 977. The summed E-state index contributed by atoms with van der Waals surface area (Å²) in [5, 5.41) is 10.0. The maximum Gasteiger partial charge on any atom is 0.261 e. The van der Waals surface area contributed by atoms with Crippen molar-refractivity contribution < 1.29 is 9.53 Å². The van der Waals surface area contributed by atoms with Crippen molar-refractivity contribution in [2.24, 2.45) is 5.10 Å². The van der Waals surface area contributed by atoms with Crippen LogP contribution in [0.2, 0.25) is 5.02 Å². The van der Waals surface area contributed by atoms with Crippen LogP contribution >= 0.6 is 11.6 Å². The molecule has 0 aliphatic heterocycles. The van der Waals surface area contributed by atoms with E-state index in [4.69, 9.17) is 16.3 Å². The molecule has 0 aliphatic rings. The standard InChI is InChI=1S/C19H19ClN4O2/c1-12-8-16-13(2)23-24(18(16)9-17(12)20)11-19(25)22-21-10-14-4-6-15(26-3)7-5-14/h4-10H,11H2,1-3H3,(H,22,25)/b21-10-. The van der Waals surface area contributed by atoms with Crippen LogP contribution < -0.4 is 10.2 Å². The van der Waals surface area contributed by atoms with Crippen LogP contribution in [0.25, 0.3) is 10.9 Å². The second-order valence-corrected chi connectivity index (χ2v) is 6.34. The number of aromatic nitrogens is 2. The molecule has 2 aromatic carbocycles. The molecule has 0 atom stereocenters. The van der Waals surface area contributed by atoms with E-state index >= 15 is 0 Å². The average Bonchev–Trinajstić information content (AvgIpc) is 2.91. The van der Waals surface area contributed by atoms with Crippen molar-refractivity contribution in [3.63, 3.8) is 0 Å². The second-order valence-electron chi connectivity index (χ2n) is 5.93. The van der Waals surface area contributed by atoms with E-state index in [1.807, 2.05) is 50.2 Å². The molecule has 3 rings (SSSR count). The molecule has 134 valence electrons. The highest BCUT2D eigenvalue weighted by Gasteiger charge is 2.12. The zero-order valence-electron chi connectivity index (χ0n) is 14.8. The van der Waals surface area contributed by atoms with E-state index in [-0.39, 0.29) is 12.5 Å². The number of fused-ring (bicyclic) bond motifs is 1. The lowest BCUT2D eigenvalue weighted by Crippen LogP contribution is -2.23. The van der Waals surface area contributed by atoms with E-state index in [9.17, 15) is 4.79 Å². The predicted molar refractivity (Wildman–Crippen MR) is 103 cm³/mol. The van der Waals surface area contributed by atoms with Crippen molar-refractivity contribution in [1.29, 1.82) is 0 Å². The first-order chi connectivity index (χ1) is 12.5. The van der Waals surface area contributed by atoms with Crippen LogP contribution in [-0.4, -0.2) is 29.0 Å². The fourth-order valence-corrected chi connectivity index (χ4v) is 2.78. The number of aryl methyl sites for hydroxylation is 2. The molecular weight excluding hydrogens is 352 g/mol. The van der Waals surface area contributed by atoms with E-state index in [2.05, 4.69) is 15.6 Å². The molecule has 0 bridgehead atoms. The Kier molecular flexibility index (Phi) is 5.23. The van der Waals surface area contributed by atoms with Crippen molar-refractivity contribution >= 4 is 34.6 Å². The number of rotatable bonds is 5. The zero-order valence-corrected chi connectivity index (χ0v) is 15.5. The molecule has 26 heavy (non-hydrogen) atoms. The monoisotopic (exact) mass is 370 g/mol. The Morgan fingerprint density at radius 2 is 2.04 bits per heavy atom. The third-order valence-electron chi connectivity index (χ3n) is 4.03. The third-order valence-corrected chi connectivity index (χ3v) is 4.43. The van der Waals surface area contributed by atoms with Gasteiger partial charge < -0.3 is 4.74 Å². The van der Waals surface area contributed by atoms with Crippen molar-refractivity contribution in [2.75, 3.05) is 7.11 Å². The van der Waals surface area contributed by atoms with Crippen LogP contribution in [0.3, 0.4) is 0 Å². The van der Waals surface area contributed by atoms with Gasteiger partial charge in [0.15, 0.2) is 0 Å². The summed E-state index contributed by atoms with van der Waals surface area (Å²) in [4.78, 5) is 12.2. The quantitative estimate of drug-likeness (QED) is 0.552. The molecule has 0 saturated carbocycles. The van der Waals surface area contributed by atoms with Gasteiger partial charge in [-0.05, 0) is 61.4 Å². The Labute approximate surface area is 156 Å². The summed E-state index contributed by atoms with van der Waals surface area (Å²) < 4.78 is 6.73. The van der Waals surface area contributed by atoms with Gasteiger partial charge in [-0.3, -0.25) is 9.48 Å². The van der Waals surface area contributed by atoms with Gasteiger partial charge in [0, 0.05) is 10.4 Å². The Morgan fingerprint density at radius 1 is 1.31 bits per heavy atom. The number of hydrogen-bond acceptors (Lipinski definition) is 4. The van der Waals surface area contributed by atoms with Crippen LogP contribution in [-0.2, 0) is 11.3 Å². The highest BCUT2D eigenvalue weighted by Crippen LogP contribution is 2.25. The lowest BCUT2D eigenvalue weighted by molar-refractivity contribution is -0.121. The molecule has 1 heterocycles. The van der Waals surface area contributed by atoms with Gasteiger partial charge in [-0.2, -0.15) is 10.2 Å². The summed E-state index contributed by atoms with van der Waals surface area (Å²) in [6.45, 7) is 3.91. The molecule has 0 radical (unpaired) electrons. The van der Waals surface area contributed by atoms with E-state index < -0.39 is 0 Å². The summed E-state index contributed by atoms with van der Waals surface area (Å²) >= 11 is 6.20. The minimum Gasteiger partial charge on any atom is -0.497 e. The first-order valence-electron chi connectivity index (χ1n) is 8.07. The fourth-order valence-electron chi connectivity index (χ4n) is 2.62. The molecule has 1 aromatic heterocycles. The van der Waals surface area contributed by atoms with Crippen molar-refractivity contribution in [2.45, 2.75) is 20.4 Å². The Morgan fingerprint density at radius 3 is 2.73 bits per heavy atom. The number of ether oxygens (including phenoxy) is 1. The van der Waals surface area contributed by atoms with Crippen LogP contribution in [0.1, 0.15) is 16.8 Å². The Hall–Kier alpha value is -2.86. The summed E-state index contributed by atoms with van der Waals surface area (Å²) in [5.41, 5.74) is 6.03. The highest BCUT2D eigenvalue weighted by atomic mass is 35.5. The number of nitrogens with one attached hydrogen (secondary N) is 1. The lowest BCUT2D eigenvalue weighted by Gasteiger charge is -2.04. The molecule has 0 fully saturated rings. The predicted octanol–water partition coefficient (Wildman–Crippen LogP) is 3.47. The van der Waals surface area contributed by atoms with Crippen LogP contribution in [0.4, 0.5) is 0 Å².